The summed E-state index contributed by atoms with van der Waals surface area (Å²) in [6.07, 6.45) is 1.36. The minimum absolute atomic E-state index is 0.461. The molecular weight excluding hydrogens is 380 g/mol. The summed E-state index contributed by atoms with van der Waals surface area (Å²) in [6, 6.07) is 19.5. The molecule has 154 valence electrons. The smallest absolute Gasteiger partial charge is 0.165 e. The first kappa shape index (κ1) is 19.8. The van der Waals surface area contributed by atoms with E-state index < -0.39 is 0 Å². The highest BCUT2D eigenvalue weighted by molar-refractivity contribution is 5.55. The van der Waals surface area contributed by atoms with Gasteiger partial charge in [-0.15, -0.1) is 0 Å². The number of azo groups is 1. The zero-order valence-corrected chi connectivity index (χ0v) is 17.1. The first-order valence-electron chi connectivity index (χ1n) is 9.87. The second-order valence-corrected chi connectivity index (χ2v) is 6.81. The Morgan fingerprint density at radius 1 is 0.667 bits per heavy atom. The molecule has 0 aromatic heterocycles. The fourth-order valence-corrected chi connectivity index (χ4v) is 3.36. The number of ether oxygens (including phenoxy) is 4. The maximum atomic E-state index is 6.00. The molecule has 3 aromatic carbocycles. The fourth-order valence-electron chi connectivity index (χ4n) is 3.36. The summed E-state index contributed by atoms with van der Waals surface area (Å²) in [6.45, 7) is 0.922. The lowest BCUT2D eigenvalue weighted by Crippen LogP contribution is -2.06. The zero-order chi connectivity index (χ0) is 20.8. The van der Waals surface area contributed by atoms with E-state index in [-0.39, 0.29) is 0 Å². The molecule has 3 aromatic rings. The van der Waals surface area contributed by atoms with Crippen molar-refractivity contribution in [2.24, 2.45) is 10.2 Å². The predicted molar refractivity (Wildman–Crippen MR) is 115 cm³/mol. The van der Waals surface area contributed by atoms with E-state index in [9.17, 15) is 0 Å². The Bertz CT molecular complexity index is 966. The van der Waals surface area contributed by atoms with Gasteiger partial charge in [0.1, 0.15) is 0 Å². The number of nitrogens with zero attached hydrogens (tertiary/aromatic N) is 2. The highest BCUT2D eigenvalue weighted by Gasteiger charge is 2.15. The Kier molecular flexibility index (Phi) is 6.13. The first-order valence-corrected chi connectivity index (χ1v) is 9.87. The standard InChI is InChI=1S/C24H24N2O4/c1-27-21-15-24-22(28-2)16-23(21)29-13-11-17-7-3-5-9-19(17)25-26-20-10-6-4-8-18(20)12-14-30-24/h3-10,15-16H,11-14H2,1-2H3. The van der Waals surface area contributed by atoms with E-state index in [2.05, 4.69) is 10.2 Å². The van der Waals surface area contributed by atoms with Crippen LogP contribution in [0.3, 0.4) is 0 Å². The normalized spacial score (nSPS) is 13.5. The van der Waals surface area contributed by atoms with Crippen LogP contribution < -0.4 is 18.9 Å². The zero-order valence-electron chi connectivity index (χ0n) is 17.1. The van der Waals surface area contributed by atoms with Crippen molar-refractivity contribution in [1.29, 1.82) is 0 Å². The highest BCUT2D eigenvalue weighted by atomic mass is 16.5. The molecule has 0 N–H and O–H groups in total. The van der Waals surface area contributed by atoms with E-state index in [1.807, 2.05) is 48.5 Å². The van der Waals surface area contributed by atoms with Crippen molar-refractivity contribution in [3.05, 3.63) is 71.8 Å². The lowest BCUT2D eigenvalue weighted by molar-refractivity contribution is 0.278. The van der Waals surface area contributed by atoms with Gasteiger partial charge >= 0.3 is 0 Å². The van der Waals surface area contributed by atoms with Crippen LogP contribution in [0.15, 0.2) is 70.9 Å². The molecule has 5 rings (SSSR count). The van der Waals surface area contributed by atoms with Gasteiger partial charge in [0.25, 0.3) is 0 Å². The summed E-state index contributed by atoms with van der Waals surface area (Å²) in [5, 5.41) is 9.02. The second kappa shape index (κ2) is 9.31. The third-order valence-corrected chi connectivity index (χ3v) is 4.96. The molecular formula is C24H24N2O4. The Balaban J connectivity index is 1.74. The van der Waals surface area contributed by atoms with Gasteiger partial charge in [0.15, 0.2) is 23.0 Å². The molecule has 6 nitrogen and oxygen atoms in total. The highest BCUT2D eigenvalue weighted by Crippen LogP contribution is 2.40. The van der Waals surface area contributed by atoms with Crippen LogP contribution in [0.4, 0.5) is 11.4 Å². The number of methoxy groups -OCH3 is 2. The largest absolute Gasteiger partial charge is 0.493 e. The molecule has 30 heavy (non-hydrogen) atoms. The topological polar surface area (TPSA) is 61.6 Å². The number of hydrogen-bond acceptors (Lipinski definition) is 6. The number of rotatable bonds is 2. The summed E-state index contributed by atoms with van der Waals surface area (Å²) in [4.78, 5) is 0. The van der Waals surface area contributed by atoms with Crippen LogP contribution in [0.1, 0.15) is 11.1 Å². The van der Waals surface area contributed by atoms with E-state index in [0.717, 1.165) is 22.5 Å². The van der Waals surface area contributed by atoms with Gasteiger partial charge in [-0.2, -0.15) is 10.2 Å². The van der Waals surface area contributed by atoms with Crippen LogP contribution in [0.2, 0.25) is 0 Å². The molecule has 2 heterocycles. The molecule has 0 amide bonds. The van der Waals surface area contributed by atoms with E-state index in [1.54, 1.807) is 26.4 Å². The van der Waals surface area contributed by atoms with E-state index >= 15 is 0 Å². The van der Waals surface area contributed by atoms with Crippen LogP contribution >= 0.6 is 0 Å². The maximum Gasteiger partial charge on any atom is 0.165 e. The molecule has 0 aliphatic carbocycles. The van der Waals surface area contributed by atoms with Crippen LogP contribution in [0.5, 0.6) is 23.0 Å². The van der Waals surface area contributed by atoms with Gasteiger partial charge < -0.3 is 18.9 Å². The Morgan fingerprint density at radius 2 is 1.10 bits per heavy atom. The predicted octanol–water partition coefficient (Wildman–Crippen LogP) is 5.68. The number of hydrogen-bond donors (Lipinski definition) is 0. The van der Waals surface area contributed by atoms with E-state index in [4.69, 9.17) is 18.9 Å². The van der Waals surface area contributed by atoms with Crippen LogP contribution in [0.25, 0.3) is 0 Å². The lowest BCUT2D eigenvalue weighted by Gasteiger charge is -2.17. The second-order valence-electron chi connectivity index (χ2n) is 6.81. The van der Waals surface area contributed by atoms with Gasteiger partial charge in [-0.3, -0.25) is 0 Å². The molecule has 0 fully saturated rings. The average Bonchev–Trinajstić information content (AvgIpc) is 2.78. The quantitative estimate of drug-likeness (QED) is 0.552. The fraction of sp³-hybridized carbons (Fsp3) is 0.250. The van der Waals surface area contributed by atoms with Crippen LogP contribution in [0, 0.1) is 0 Å². The Labute approximate surface area is 176 Å². The number of fused-ring (bicyclic) bond motifs is 6. The van der Waals surface area contributed by atoms with Gasteiger partial charge in [-0.1, -0.05) is 36.4 Å². The van der Waals surface area contributed by atoms with Crippen LogP contribution in [-0.4, -0.2) is 27.4 Å². The van der Waals surface area contributed by atoms with Gasteiger partial charge in [-0.05, 0) is 23.3 Å². The van der Waals surface area contributed by atoms with Gasteiger partial charge in [-0.25, -0.2) is 0 Å². The molecule has 2 aliphatic heterocycles. The SMILES string of the molecule is COc1cc2c(OC)cc1OCCc1ccccc1N=Nc1ccccc1CCO2. The van der Waals surface area contributed by atoms with Crippen molar-refractivity contribution in [1.82, 2.24) is 0 Å². The van der Waals surface area contributed by atoms with Gasteiger partial charge in [0.2, 0.25) is 0 Å². The summed E-state index contributed by atoms with van der Waals surface area (Å²) >= 11 is 0. The van der Waals surface area contributed by atoms with Crippen molar-refractivity contribution < 1.29 is 18.9 Å². The van der Waals surface area contributed by atoms with E-state index in [0.29, 0.717) is 49.1 Å². The lowest BCUT2D eigenvalue weighted by atomic mass is 10.1. The van der Waals surface area contributed by atoms with Crippen molar-refractivity contribution in [2.75, 3.05) is 27.4 Å². The van der Waals surface area contributed by atoms with Crippen molar-refractivity contribution in [2.45, 2.75) is 12.8 Å². The minimum Gasteiger partial charge on any atom is -0.493 e. The molecule has 0 atom stereocenters. The van der Waals surface area contributed by atoms with Crippen molar-refractivity contribution >= 4 is 11.4 Å². The Hall–Kier alpha value is -3.54. The first-order chi connectivity index (χ1) is 14.8. The summed E-state index contributed by atoms with van der Waals surface area (Å²) in [7, 11) is 3.23. The third-order valence-electron chi connectivity index (χ3n) is 4.96. The van der Waals surface area contributed by atoms with Gasteiger partial charge in [0, 0.05) is 25.0 Å². The molecule has 0 saturated heterocycles. The van der Waals surface area contributed by atoms with Crippen molar-refractivity contribution in [3.63, 3.8) is 0 Å². The maximum absolute atomic E-state index is 6.00. The average molecular weight is 404 g/mol. The Morgan fingerprint density at radius 3 is 1.53 bits per heavy atom. The summed E-state index contributed by atoms with van der Waals surface area (Å²) < 4.78 is 23.0. The molecule has 2 aliphatic rings. The summed E-state index contributed by atoms with van der Waals surface area (Å²) in [5.74, 6) is 2.43. The number of benzene rings is 3. The molecule has 0 spiro atoms. The molecule has 0 radical (unpaired) electrons. The molecule has 6 heteroatoms. The minimum atomic E-state index is 0.461. The van der Waals surface area contributed by atoms with Gasteiger partial charge in [0.05, 0.1) is 38.8 Å². The molecule has 0 saturated carbocycles. The van der Waals surface area contributed by atoms with E-state index in [1.165, 1.54) is 0 Å². The molecule has 0 unspecified atom stereocenters. The van der Waals surface area contributed by atoms with Crippen LogP contribution in [-0.2, 0) is 12.8 Å². The third kappa shape index (κ3) is 4.38. The van der Waals surface area contributed by atoms with Crippen molar-refractivity contribution in [3.8, 4) is 23.0 Å². The summed E-state index contributed by atoms with van der Waals surface area (Å²) in [5.41, 5.74) is 3.80. The monoisotopic (exact) mass is 404 g/mol. The molecule has 2 bridgehead atoms.